The van der Waals surface area contributed by atoms with Gasteiger partial charge in [-0.1, -0.05) is 51.8 Å². The summed E-state index contributed by atoms with van der Waals surface area (Å²) in [4.78, 5) is 2.34. The van der Waals surface area contributed by atoms with Gasteiger partial charge in [0.2, 0.25) is 0 Å². The quantitative estimate of drug-likeness (QED) is 0.738. The second kappa shape index (κ2) is 4.94. The molecule has 2 aromatic rings. The molecular weight excluding hydrogens is 310 g/mol. The minimum Gasteiger partial charge on any atom is -0.366 e. The molecule has 0 spiro atoms. The molecule has 1 aliphatic heterocycles. The van der Waals surface area contributed by atoms with Crippen molar-refractivity contribution >= 4 is 33.2 Å². The number of fused-ring (bicyclic) bond motifs is 1. The van der Waals surface area contributed by atoms with E-state index in [2.05, 4.69) is 51.2 Å². The van der Waals surface area contributed by atoms with Gasteiger partial charge in [-0.05, 0) is 35.7 Å². The third-order valence-corrected chi connectivity index (χ3v) is 4.18. The van der Waals surface area contributed by atoms with Gasteiger partial charge < -0.3 is 4.90 Å². The summed E-state index contributed by atoms with van der Waals surface area (Å²) in [5, 5.41) is 0.809. The van der Waals surface area contributed by atoms with Gasteiger partial charge in [-0.25, -0.2) is 0 Å². The van der Waals surface area contributed by atoms with Crippen LogP contribution in [0.5, 0.6) is 0 Å². The Morgan fingerprint density at radius 3 is 2.61 bits per heavy atom. The molecule has 0 aromatic heterocycles. The molecule has 0 radical (unpaired) electrons. The average molecular weight is 323 g/mol. The summed E-state index contributed by atoms with van der Waals surface area (Å²) in [5.41, 5.74) is 3.99. The van der Waals surface area contributed by atoms with Gasteiger partial charge in [0.15, 0.2) is 0 Å². The predicted octanol–water partition coefficient (Wildman–Crippen LogP) is 4.67. The van der Waals surface area contributed by atoms with Crippen molar-refractivity contribution in [2.45, 2.75) is 13.0 Å². The van der Waals surface area contributed by atoms with Gasteiger partial charge in [0.1, 0.15) is 0 Å². The van der Waals surface area contributed by atoms with Crippen molar-refractivity contribution in [1.82, 2.24) is 0 Å². The minimum absolute atomic E-state index is 0.809. The zero-order valence-corrected chi connectivity index (χ0v) is 12.2. The van der Waals surface area contributed by atoms with Crippen LogP contribution in [0.1, 0.15) is 11.1 Å². The number of anilines is 1. The molecule has 3 heteroatoms. The summed E-state index contributed by atoms with van der Waals surface area (Å²) in [5.74, 6) is 0. The van der Waals surface area contributed by atoms with Crippen LogP contribution in [0, 0.1) is 0 Å². The van der Waals surface area contributed by atoms with Gasteiger partial charge >= 0.3 is 0 Å². The molecule has 0 amide bonds. The fraction of sp³-hybridized carbons (Fsp3) is 0.200. The molecule has 18 heavy (non-hydrogen) atoms. The zero-order chi connectivity index (χ0) is 12.5. The highest BCUT2D eigenvalue weighted by Gasteiger charge is 2.17. The van der Waals surface area contributed by atoms with E-state index in [4.69, 9.17) is 11.6 Å². The fourth-order valence-electron chi connectivity index (χ4n) is 2.44. The van der Waals surface area contributed by atoms with Crippen molar-refractivity contribution in [1.29, 1.82) is 0 Å². The van der Waals surface area contributed by atoms with Gasteiger partial charge in [0.05, 0.1) is 10.7 Å². The highest BCUT2D eigenvalue weighted by molar-refractivity contribution is 9.10. The number of hydrogen-bond acceptors (Lipinski definition) is 1. The third-order valence-electron chi connectivity index (χ3n) is 3.38. The smallest absolute Gasteiger partial charge is 0.0650 e. The number of halogens is 2. The van der Waals surface area contributed by atoms with E-state index in [0.29, 0.717) is 0 Å². The Labute approximate surface area is 121 Å². The molecule has 1 aliphatic rings. The maximum absolute atomic E-state index is 6.32. The van der Waals surface area contributed by atoms with E-state index in [9.17, 15) is 0 Å². The molecule has 0 saturated carbocycles. The number of benzene rings is 2. The fourth-order valence-corrected chi connectivity index (χ4v) is 3.23. The van der Waals surface area contributed by atoms with Crippen molar-refractivity contribution in [2.75, 3.05) is 11.4 Å². The molecule has 3 rings (SSSR count). The van der Waals surface area contributed by atoms with Crippen LogP contribution in [-0.4, -0.2) is 6.54 Å². The molecule has 92 valence electrons. The molecule has 0 N–H and O–H groups in total. The van der Waals surface area contributed by atoms with Crippen LogP contribution in [0.2, 0.25) is 5.02 Å². The first-order chi connectivity index (χ1) is 8.74. The predicted molar refractivity (Wildman–Crippen MR) is 80.3 cm³/mol. The third kappa shape index (κ3) is 2.27. The molecule has 0 unspecified atom stereocenters. The van der Waals surface area contributed by atoms with Gasteiger partial charge in [0, 0.05) is 17.6 Å². The van der Waals surface area contributed by atoms with E-state index in [1.54, 1.807) is 0 Å². The number of rotatable bonds is 1. The molecule has 0 atom stereocenters. The van der Waals surface area contributed by atoms with Gasteiger partial charge in [0.25, 0.3) is 0 Å². The first-order valence-corrected chi connectivity index (χ1v) is 7.18. The molecule has 0 bridgehead atoms. The van der Waals surface area contributed by atoms with E-state index < -0.39 is 0 Å². The standard InChI is InChI=1S/C15H13BrClN/c16-13-5-6-15(14(17)9-13)18-8-7-11-3-1-2-4-12(11)10-18/h1-6,9H,7-8,10H2. The highest BCUT2D eigenvalue weighted by Crippen LogP contribution is 2.32. The normalized spacial score (nSPS) is 14.4. The van der Waals surface area contributed by atoms with Crippen LogP contribution in [0.25, 0.3) is 0 Å². The summed E-state index contributed by atoms with van der Waals surface area (Å²) in [7, 11) is 0. The summed E-state index contributed by atoms with van der Waals surface area (Å²) < 4.78 is 1.02. The van der Waals surface area contributed by atoms with Gasteiger partial charge in [-0.15, -0.1) is 0 Å². The van der Waals surface area contributed by atoms with E-state index in [-0.39, 0.29) is 0 Å². The van der Waals surface area contributed by atoms with Crippen LogP contribution < -0.4 is 4.90 Å². The van der Waals surface area contributed by atoms with Crippen LogP contribution in [0.15, 0.2) is 46.9 Å². The highest BCUT2D eigenvalue weighted by atomic mass is 79.9. The first kappa shape index (κ1) is 12.1. The molecule has 1 nitrogen and oxygen atoms in total. The van der Waals surface area contributed by atoms with E-state index in [1.165, 1.54) is 11.1 Å². The van der Waals surface area contributed by atoms with Crippen molar-refractivity contribution in [2.24, 2.45) is 0 Å². The summed E-state index contributed by atoms with van der Waals surface area (Å²) in [6.07, 6.45) is 1.09. The van der Waals surface area contributed by atoms with Crippen molar-refractivity contribution in [3.63, 3.8) is 0 Å². The minimum atomic E-state index is 0.809. The molecule has 1 heterocycles. The van der Waals surface area contributed by atoms with E-state index in [0.717, 1.165) is 34.7 Å². The lowest BCUT2D eigenvalue weighted by Gasteiger charge is -2.31. The van der Waals surface area contributed by atoms with Crippen molar-refractivity contribution in [3.05, 3.63) is 63.1 Å². The Morgan fingerprint density at radius 2 is 1.83 bits per heavy atom. The second-order valence-electron chi connectivity index (χ2n) is 4.54. The van der Waals surface area contributed by atoms with E-state index in [1.807, 2.05) is 12.1 Å². The Kier molecular flexibility index (Phi) is 3.31. The van der Waals surface area contributed by atoms with Crippen LogP contribution in [0.4, 0.5) is 5.69 Å². The first-order valence-electron chi connectivity index (χ1n) is 6.01. The molecular formula is C15H13BrClN. The van der Waals surface area contributed by atoms with E-state index >= 15 is 0 Å². The second-order valence-corrected chi connectivity index (χ2v) is 5.86. The Bertz CT molecular complexity index is 582. The van der Waals surface area contributed by atoms with Crippen molar-refractivity contribution in [3.8, 4) is 0 Å². The number of hydrogen-bond donors (Lipinski definition) is 0. The lowest BCUT2D eigenvalue weighted by molar-refractivity contribution is 0.732. The SMILES string of the molecule is Clc1cc(Br)ccc1N1CCc2ccccc2C1. The van der Waals surface area contributed by atoms with Crippen LogP contribution in [-0.2, 0) is 13.0 Å². The summed E-state index contributed by atoms with van der Waals surface area (Å²) >= 11 is 9.76. The summed E-state index contributed by atoms with van der Waals surface area (Å²) in [6, 6.07) is 14.7. The maximum Gasteiger partial charge on any atom is 0.0650 e. The molecule has 0 saturated heterocycles. The van der Waals surface area contributed by atoms with Gasteiger partial charge in [-0.3, -0.25) is 0 Å². The molecule has 0 fully saturated rings. The van der Waals surface area contributed by atoms with Crippen LogP contribution in [0.3, 0.4) is 0 Å². The largest absolute Gasteiger partial charge is 0.366 e. The lowest BCUT2D eigenvalue weighted by Crippen LogP contribution is -2.30. The Hall–Kier alpha value is -0.990. The topological polar surface area (TPSA) is 3.24 Å². The van der Waals surface area contributed by atoms with Crippen LogP contribution >= 0.6 is 27.5 Å². The lowest BCUT2D eigenvalue weighted by atomic mass is 9.99. The van der Waals surface area contributed by atoms with Gasteiger partial charge in [-0.2, -0.15) is 0 Å². The monoisotopic (exact) mass is 321 g/mol. The zero-order valence-electron chi connectivity index (χ0n) is 9.87. The average Bonchev–Trinajstić information content (AvgIpc) is 2.38. The maximum atomic E-state index is 6.32. The Morgan fingerprint density at radius 1 is 1.06 bits per heavy atom. The number of nitrogens with zero attached hydrogens (tertiary/aromatic N) is 1. The Balaban J connectivity index is 1.92. The molecule has 0 aliphatic carbocycles. The molecule has 2 aromatic carbocycles. The van der Waals surface area contributed by atoms with Crippen molar-refractivity contribution < 1.29 is 0 Å². The summed E-state index contributed by atoms with van der Waals surface area (Å²) in [6.45, 7) is 1.97.